The predicted molar refractivity (Wildman–Crippen MR) is 63.8 cm³/mol. The third-order valence-electron chi connectivity index (χ3n) is 1.78. The van der Waals surface area contributed by atoms with Crippen molar-refractivity contribution in [2.75, 3.05) is 0 Å². The standard InChI is InChI=1S/C8H5BrClN3S/c9-4-1-5(10)6-2-12-8(7(11)14)13(6)3-4/h1-3H,(H2,11,14). The third kappa shape index (κ3) is 1.51. The van der Waals surface area contributed by atoms with Crippen LogP contribution in [0.5, 0.6) is 0 Å². The summed E-state index contributed by atoms with van der Waals surface area (Å²) in [5.41, 5.74) is 6.30. The average Bonchev–Trinajstić information content (AvgIpc) is 2.47. The van der Waals surface area contributed by atoms with Gasteiger partial charge in [-0.05, 0) is 22.0 Å². The van der Waals surface area contributed by atoms with Gasteiger partial charge in [-0.1, -0.05) is 23.8 Å². The fourth-order valence-corrected chi connectivity index (χ4v) is 2.18. The summed E-state index contributed by atoms with van der Waals surface area (Å²) in [6.07, 6.45) is 3.46. The summed E-state index contributed by atoms with van der Waals surface area (Å²) in [7, 11) is 0. The Kier molecular flexibility index (Phi) is 2.47. The van der Waals surface area contributed by atoms with E-state index >= 15 is 0 Å². The van der Waals surface area contributed by atoms with Crippen molar-refractivity contribution in [2.24, 2.45) is 5.73 Å². The zero-order valence-electron chi connectivity index (χ0n) is 6.87. The van der Waals surface area contributed by atoms with Gasteiger partial charge in [-0.15, -0.1) is 0 Å². The number of hydrogen-bond donors (Lipinski definition) is 1. The number of nitrogens with zero attached hydrogens (tertiary/aromatic N) is 2. The molecule has 0 spiro atoms. The maximum atomic E-state index is 6.01. The number of hydrogen-bond acceptors (Lipinski definition) is 2. The van der Waals surface area contributed by atoms with E-state index in [-0.39, 0.29) is 4.99 Å². The fraction of sp³-hybridized carbons (Fsp3) is 0. The molecule has 0 bridgehead atoms. The van der Waals surface area contributed by atoms with Crippen LogP contribution in [0, 0.1) is 0 Å². The van der Waals surface area contributed by atoms with Gasteiger partial charge in [0.15, 0.2) is 5.82 Å². The van der Waals surface area contributed by atoms with Crippen LogP contribution in [0.4, 0.5) is 0 Å². The highest BCUT2D eigenvalue weighted by molar-refractivity contribution is 9.10. The summed E-state index contributed by atoms with van der Waals surface area (Å²) in [6.45, 7) is 0. The fourth-order valence-electron chi connectivity index (χ4n) is 1.21. The summed E-state index contributed by atoms with van der Waals surface area (Å²) in [5, 5.41) is 0.606. The largest absolute Gasteiger partial charge is 0.387 e. The van der Waals surface area contributed by atoms with Gasteiger partial charge in [-0.3, -0.25) is 4.40 Å². The molecule has 0 unspecified atom stereocenters. The van der Waals surface area contributed by atoms with E-state index in [0.717, 1.165) is 9.99 Å². The highest BCUT2D eigenvalue weighted by atomic mass is 79.9. The number of rotatable bonds is 1. The van der Waals surface area contributed by atoms with Crippen molar-refractivity contribution in [1.82, 2.24) is 9.38 Å². The van der Waals surface area contributed by atoms with E-state index in [4.69, 9.17) is 29.6 Å². The van der Waals surface area contributed by atoms with Gasteiger partial charge >= 0.3 is 0 Å². The monoisotopic (exact) mass is 289 g/mol. The van der Waals surface area contributed by atoms with Crippen molar-refractivity contribution in [3.05, 3.63) is 33.8 Å². The Balaban J connectivity index is 2.85. The van der Waals surface area contributed by atoms with E-state index < -0.39 is 0 Å². The van der Waals surface area contributed by atoms with E-state index in [1.165, 1.54) is 0 Å². The molecule has 2 rings (SSSR count). The molecule has 14 heavy (non-hydrogen) atoms. The van der Waals surface area contributed by atoms with Gasteiger partial charge in [-0.25, -0.2) is 4.98 Å². The molecule has 0 saturated carbocycles. The highest BCUT2D eigenvalue weighted by Crippen LogP contribution is 2.23. The van der Waals surface area contributed by atoms with Gasteiger partial charge in [0.25, 0.3) is 0 Å². The molecule has 0 aromatic carbocycles. The smallest absolute Gasteiger partial charge is 0.172 e. The molecule has 6 heteroatoms. The summed E-state index contributed by atoms with van der Waals surface area (Å²) >= 11 is 14.2. The van der Waals surface area contributed by atoms with E-state index in [1.54, 1.807) is 16.7 Å². The molecule has 0 saturated heterocycles. The lowest BCUT2D eigenvalue weighted by Crippen LogP contribution is -2.13. The molecule has 3 nitrogen and oxygen atoms in total. The number of imidazole rings is 1. The Morgan fingerprint density at radius 3 is 3.00 bits per heavy atom. The van der Waals surface area contributed by atoms with E-state index in [1.807, 2.05) is 6.20 Å². The van der Waals surface area contributed by atoms with E-state index in [0.29, 0.717) is 10.8 Å². The number of nitrogens with two attached hydrogens (primary N) is 1. The maximum Gasteiger partial charge on any atom is 0.172 e. The number of fused-ring (bicyclic) bond motifs is 1. The van der Waals surface area contributed by atoms with Crippen molar-refractivity contribution in [3.63, 3.8) is 0 Å². The summed E-state index contributed by atoms with van der Waals surface area (Å²) in [5.74, 6) is 0.540. The molecule has 2 N–H and O–H groups in total. The zero-order chi connectivity index (χ0) is 10.3. The van der Waals surface area contributed by atoms with E-state index in [2.05, 4.69) is 20.9 Å². The molecule has 2 aromatic rings. The van der Waals surface area contributed by atoms with Crippen molar-refractivity contribution in [2.45, 2.75) is 0 Å². The minimum atomic E-state index is 0.249. The quantitative estimate of drug-likeness (QED) is 0.820. The van der Waals surface area contributed by atoms with Crippen LogP contribution in [-0.4, -0.2) is 14.4 Å². The van der Waals surface area contributed by atoms with Crippen molar-refractivity contribution in [1.29, 1.82) is 0 Å². The van der Waals surface area contributed by atoms with Gasteiger partial charge in [0.05, 0.1) is 16.7 Å². The van der Waals surface area contributed by atoms with Gasteiger partial charge in [0.1, 0.15) is 4.99 Å². The number of halogens is 2. The van der Waals surface area contributed by atoms with Crippen molar-refractivity contribution in [3.8, 4) is 0 Å². The number of pyridine rings is 1. The zero-order valence-corrected chi connectivity index (χ0v) is 10.0. The van der Waals surface area contributed by atoms with Crippen LogP contribution >= 0.6 is 39.7 Å². The lowest BCUT2D eigenvalue weighted by molar-refractivity contribution is 1.12. The molecule has 0 aliphatic carbocycles. The molecule has 0 radical (unpaired) electrons. The second-order valence-corrected chi connectivity index (χ2v) is 4.47. The Morgan fingerprint density at radius 1 is 1.64 bits per heavy atom. The first kappa shape index (κ1) is 9.89. The van der Waals surface area contributed by atoms with E-state index in [9.17, 15) is 0 Å². The summed E-state index contributed by atoms with van der Waals surface area (Å²) in [6, 6.07) is 1.79. The van der Waals surface area contributed by atoms with Gasteiger partial charge in [0, 0.05) is 10.7 Å². The predicted octanol–water partition coefficient (Wildman–Crippen LogP) is 2.38. The van der Waals surface area contributed by atoms with Gasteiger partial charge < -0.3 is 5.73 Å². The van der Waals surface area contributed by atoms with Crippen LogP contribution in [0.25, 0.3) is 5.52 Å². The maximum absolute atomic E-state index is 6.01. The SMILES string of the molecule is NC(=S)c1ncc2c(Cl)cc(Br)cn12. The Bertz CT molecular complexity index is 523. The molecule has 2 aromatic heterocycles. The minimum absolute atomic E-state index is 0.249. The molecule has 0 amide bonds. The molecular weight excluding hydrogens is 286 g/mol. The van der Waals surface area contributed by atoms with Crippen LogP contribution in [0.1, 0.15) is 5.82 Å². The van der Waals surface area contributed by atoms with Gasteiger partial charge in [0.2, 0.25) is 0 Å². The Labute approximate surface area is 99.0 Å². The molecule has 0 fully saturated rings. The van der Waals surface area contributed by atoms with Crippen LogP contribution < -0.4 is 5.73 Å². The normalized spacial score (nSPS) is 10.7. The minimum Gasteiger partial charge on any atom is -0.387 e. The van der Waals surface area contributed by atoms with Gasteiger partial charge in [-0.2, -0.15) is 0 Å². The molecule has 0 atom stereocenters. The second-order valence-electron chi connectivity index (χ2n) is 2.71. The summed E-state index contributed by atoms with van der Waals surface area (Å²) in [4.78, 5) is 4.34. The lowest BCUT2D eigenvalue weighted by atomic mass is 10.4. The average molecular weight is 291 g/mol. The van der Waals surface area contributed by atoms with Crippen molar-refractivity contribution < 1.29 is 0 Å². The Hall–Kier alpha value is -0.650. The molecular formula is C8H5BrClN3S. The first-order valence-electron chi connectivity index (χ1n) is 3.71. The number of aromatic nitrogens is 2. The molecule has 0 aliphatic rings. The topological polar surface area (TPSA) is 43.3 Å². The molecule has 72 valence electrons. The third-order valence-corrected chi connectivity index (χ3v) is 2.70. The first-order valence-corrected chi connectivity index (χ1v) is 5.29. The van der Waals surface area contributed by atoms with Crippen LogP contribution in [0.2, 0.25) is 5.02 Å². The first-order chi connectivity index (χ1) is 6.59. The van der Waals surface area contributed by atoms with Crippen molar-refractivity contribution >= 4 is 50.3 Å². The van der Waals surface area contributed by atoms with Crippen LogP contribution in [0.3, 0.4) is 0 Å². The lowest BCUT2D eigenvalue weighted by Gasteiger charge is -2.01. The second kappa shape index (κ2) is 3.49. The molecule has 2 heterocycles. The van der Waals surface area contributed by atoms with Crippen LogP contribution in [0.15, 0.2) is 22.9 Å². The molecule has 0 aliphatic heterocycles. The number of thiocarbonyl (C=S) groups is 1. The highest BCUT2D eigenvalue weighted by Gasteiger charge is 2.09. The summed E-state index contributed by atoms with van der Waals surface area (Å²) < 4.78 is 2.61. The Morgan fingerprint density at radius 2 is 2.36 bits per heavy atom. The van der Waals surface area contributed by atoms with Crippen LogP contribution in [-0.2, 0) is 0 Å².